The molecule has 0 bridgehead atoms. The Bertz CT molecular complexity index is 567. The number of rotatable bonds is 3. The Morgan fingerprint density at radius 3 is 2.91 bits per heavy atom. The second kappa shape index (κ2) is 7.84. The average Bonchev–Trinajstić information content (AvgIpc) is 2.88. The number of likely N-dealkylation sites (tertiary alicyclic amines) is 1. The van der Waals surface area contributed by atoms with Crippen molar-refractivity contribution in [1.82, 2.24) is 4.90 Å². The number of fused-ring (bicyclic) bond motifs is 1. The molecule has 3 unspecified atom stereocenters. The second-order valence-corrected chi connectivity index (χ2v) is 7.08. The van der Waals surface area contributed by atoms with E-state index >= 15 is 0 Å². The Labute approximate surface area is 149 Å². The highest BCUT2D eigenvalue weighted by atomic mass is 35.5. The molecule has 1 aliphatic heterocycles. The van der Waals surface area contributed by atoms with E-state index in [1.165, 1.54) is 12.8 Å². The first kappa shape index (κ1) is 18.5. The van der Waals surface area contributed by atoms with Crippen LogP contribution in [-0.4, -0.2) is 36.5 Å². The fourth-order valence-corrected chi connectivity index (χ4v) is 4.05. The number of nitrogens with one attached hydrogen (secondary N) is 1. The molecule has 1 aromatic rings. The molecule has 1 aromatic carbocycles. The van der Waals surface area contributed by atoms with Crippen molar-refractivity contribution < 1.29 is 4.79 Å². The molecule has 1 heterocycles. The molecule has 128 valence electrons. The number of hydrogen-bond acceptors (Lipinski definition) is 3. The van der Waals surface area contributed by atoms with Crippen molar-refractivity contribution in [2.45, 2.75) is 32.2 Å². The van der Waals surface area contributed by atoms with Gasteiger partial charge in [0.05, 0.1) is 6.54 Å². The lowest BCUT2D eigenvalue weighted by atomic mass is 9.78. The zero-order valence-corrected chi connectivity index (χ0v) is 15.0. The van der Waals surface area contributed by atoms with Gasteiger partial charge in [0.25, 0.3) is 0 Å². The van der Waals surface area contributed by atoms with Crippen molar-refractivity contribution in [2.24, 2.45) is 17.6 Å². The maximum atomic E-state index is 12.3. The van der Waals surface area contributed by atoms with Gasteiger partial charge in [0.1, 0.15) is 0 Å². The third kappa shape index (κ3) is 4.18. The summed E-state index contributed by atoms with van der Waals surface area (Å²) >= 11 is 6.09. The number of benzene rings is 1. The van der Waals surface area contributed by atoms with Gasteiger partial charge in [-0.15, -0.1) is 12.4 Å². The third-order valence-electron chi connectivity index (χ3n) is 5.14. The first-order valence-corrected chi connectivity index (χ1v) is 8.45. The van der Waals surface area contributed by atoms with Crippen LogP contribution in [0.2, 0.25) is 5.02 Å². The van der Waals surface area contributed by atoms with Crippen LogP contribution in [0.25, 0.3) is 0 Å². The number of carbonyl (C=O) groups excluding carboxylic acids is 1. The highest BCUT2D eigenvalue weighted by Gasteiger charge is 2.38. The molecule has 1 aliphatic carbocycles. The predicted octanol–water partition coefficient (Wildman–Crippen LogP) is 3.07. The van der Waals surface area contributed by atoms with Crippen LogP contribution in [0.4, 0.5) is 5.69 Å². The number of carbonyl (C=O) groups is 1. The fraction of sp³-hybridized carbons (Fsp3) is 0.588. The van der Waals surface area contributed by atoms with E-state index in [4.69, 9.17) is 17.3 Å². The van der Waals surface area contributed by atoms with Gasteiger partial charge in [-0.3, -0.25) is 9.69 Å². The van der Waals surface area contributed by atoms with Crippen molar-refractivity contribution in [3.63, 3.8) is 0 Å². The molecule has 2 fully saturated rings. The molecule has 3 N–H and O–H groups in total. The van der Waals surface area contributed by atoms with Crippen LogP contribution in [0.3, 0.4) is 0 Å². The Hall–Kier alpha value is -0.810. The largest absolute Gasteiger partial charge is 0.327 e. The molecule has 3 atom stereocenters. The molecule has 1 saturated carbocycles. The summed E-state index contributed by atoms with van der Waals surface area (Å²) in [5.41, 5.74) is 7.94. The first-order chi connectivity index (χ1) is 10.5. The topological polar surface area (TPSA) is 58.4 Å². The quantitative estimate of drug-likeness (QED) is 0.873. The summed E-state index contributed by atoms with van der Waals surface area (Å²) in [5.74, 6) is 1.26. The molecular weight excluding hydrogens is 333 g/mol. The lowest BCUT2D eigenvalue weighted by Gasteiger charge is -2.29. The van der Waals surface area contributed by atoms with Crippen LogP contribution in [0.1, 0.15) is 24.8 Å². The van der Waals surface area contributed by atoms with E-state index in [9.17, 15) is 4.79 Å². The lowest BCUT2D eigenvalue weighted by Crippen LogP contribution is -2.38. The molecule has 4 nitrogen and oxygen atoms in total. The zero-order chi connectivity index (χ0) is 15.7. The Balaban J connectivity index is 0.00000192. The van der Waals surface area contributed by atoms with Gasteiger partial charge in [-0.25, -0.2) is 0 Å². The summed E-state index contributed by atoms with van der Waals surface area (Å²) < 4.78 is 0. The summed E-state index contributed by atoms with van der Waals surface area (Å²) in [6.07, 6.45) is 3.61. The van der Waals surface area contributed by atoms with Crippen LogP contribution in [0.5, 0.6) is 0 Å². The van der Waals surface area contributed by atoms with Gasteiger partial charge in [-0.1, -0.05) is 24.1 Å². The maximum Gasteiger partial charge on any atom is 0.238 e. The molecule has 2 aliphatic rings. The first-order valence-electron chi connectivity index (χ1n) is 8.07. The van der Waals surface area contributed by atoms with Gasteiger partial charge in [0.2, 0.25) is 5.91 Å². The summed E-state index contributed by atoms with van der Waals surface area (Å²) in [6, 6.07) is 5.88. The van der Waals surface area contributed by atoms with E-state index in [1.807, 2.05) is 25.1 Å². The highest BCUT2D eigenvalue weighted by molar-refractivity contribution is 6.31. The fourth-order valence-electron chi connectivity index (χ4n) is 3.87. The van der Waals surface area contributed by atoms with Crippen LogP contribution in [0, 0.1) is 18.8 Å². The molecule has 3 rings (SSSR count). The van der Waals surface area contributed by atoms with Crippen LogP contribution in [-0.2, 0) is 4.79 Å². The minimum atomic E-state index is 0. The van der Waals surface area contributed by atoms with Crippen molar-refractivity contribution in [2.75, 3.05) is 25.0 Å². The number of anilines is 1. The molecule has 1 amide bonds. The summed E-state index contributed by atoms with van der Waals surface area (Å²) in [6.45, 7) is 4.31. The van der Waals surface area contributed by atoms with Crippen molar-refractivity contribution in [3.8, 4) is 0 Å². The Morgan fingerprint density at radius 1 is 1.39 bits per heavy atom. The van der Waals surface area contributed by atoms with Crippen molar-refractivity contribution in [1.29, 1.82) is 0 Å². The van der Waals surface area contributed by atoms with E-state index in [1.54, 1.807) is 0 Å². The van der Waals surface area contributed by atoms with Gasteiger partial charge in [-0.2, -0.15) is 0 Å². The number of halogens is 2. The van der Waals surface area contributed by atoms with Gasteiger partial charge >= 0.3 is 0 Å². The van der Waals surface area contributed by atoms with Crippen molar-refractivity contribution in [3.05, 3.63) is 28.8 Å². The van der Waals surface area contributed by atoms with Crippen LogP contribution < -0.4 is 11.1 Å². The van der Waals surface area contributed by atoms with Gasteiger partial charge in [0, 0.05) is 29.8 Å². The highest BCUT2D eigenvalue weighted by Crippen LogP contribution is 2.35. The predicted molar refractivity (Wildman–Crippen MR) is 97.3 cm³/mol. The molecule has 0 spiro atoms. The van der Waals surface area contributed by atoms with E-state index in [0.29, 0.717) is 29.4 Å². The number of nitrogens with zero attached hydrogens (tertiary/aromatic N) is 1. The normalized spacial score (nSPS) is 27.2. The van der Waals surface area contributed by atoms with Gasteiger partial charge < -0.3 is 11.1 Å². The molecule has 1 saturated heterocycles. The van der Waals surface area contributed by atoms with Gasteiger partial charge in [-0.05, 0) is 49.3 Å². The number of amides is 1. The number of nitrogens with two attached hydrogens (primary N) is 1. The van der Waals surface area contributed by atoms with E-state index in [0.717, 1.165) is 30.8 Å². The Morgan fingerprint density at radius 2 is 2.17 bits per heavy atom. The molecule has 0 radical (unpaired) electrons. The maximum absolute atomic E-state index is 12.3. The molecular formula is C17H25Cl2N3O. The SMILES string of the molecule is Cc1c(Cl)cccc1NC(=O)CN1CC2CCCC(N)C2C1.Cl. The van der Waals surface area contributed by atoms with E-state index in [-0.39, 0.29) is 18.3 Å². The average molecular weight is 358 g/mol. The van der Waals surface area contributed by atoms with Crippen LogP contribution >= 0.6 is 24.0 Å². The number of hydrogen-bond donors (Lipinski definition) is 2. The van der Waals surface area contributed by atoms with E-state index in [2.05, 4.69) is 10.2 Å². The summed E-state index contributed by atoms with van der Waals surface area (Å²) in [4.78, 5) is 14.5. The molecule has 0 aromatic heterocycles. The standard InChI is InChI=1S/C17H24ClN3O.ClH/c1-11-14(18)5-3-7-16(11)20-17(22)10-21-8-12-4-2-6-15(19)13(12)9-21;/h3,5,7,12-13,15H,2,4,6,8-10,19H2,1H3,(H,20,22);1H. The third-order valence-corrected chi connectivity index (χ3v) is 5.55. The van der Waals surface area contributed by atoms with E-state index < -0.39 is 0 Å². The minimum absolute atomic E-state index is 0. The molecule has 6 heteroatoms. The Kier molecular flexibility index (Phi) is 6.32. The minimum Gasteiger partial charge on any atom is -0.327 e. The van der Waals surface area contributed by atoms with Gasteiger partial charge in [0.15, 0.2) is 0 Å². The summed E-state index contributed by atoms with van der Waals surface area (Å²) in [5, 5.41) is 3.65. The lowest BCUT2D eigenvalue weighted by molar-refractivity contribution is -0.117. The zero-order valence-electron chi connectivity index (χ0n) is 13.4. The van der Waals surface area contributed by atoms with Crippen molar-refractivity contribution >= 4 is 35.6 Å². The summed E-state index contributed by atoms with van der Waals surface area (Å²) in [7, 11) is 0. The molecule has 23 heavy (non-hydrogen) atoms. The monoisotopic (exact) mass is 357 g/mol. The smallest absolute Gasteiger partial charge is 0.238 e. The van der Waals surface area contributed by atoms with Crippen LogP contribution in [0.15, 0.2) is 18.2 Å². The second-order valence-electron chi connectivity index (χ2n) is 6.67.